The van der Waals surface area contributed by atoms with Crippen molar-refractivity contribution in [2.24, 2.45) is 0 Å². The molecule has 0 saturated heterocycles. The Balaban J connectivity index is 1.57. The van der Waals surface area contributed by atoms with Crippen molar-refractivity contribution in [3.63, 3.8) is 0 Å². The minimum Gasteiger partial charge on any atom is -0.135 e. The topological polar surface area (TPSA) is 0 Å². The van der Waals surface area contributed by atoms with Crippen molar-refractivity contribution in [3.8, 4) is 22.3 Å². The Bertz CT molecular complexity index is 1980. The zero-order valence-corrected chi connectivity index (χ0v) is 22.1. The van der Waals surface area contributed by atoms with Gasteiger partial charge in [-0.15, -0.1) is 11.3 Å². The Kier molecular flexibility index (Phi) is 5.46. The van der Waals surface area contributed by atoms with Crippen LogP contribution in [0, 0.1) is 0 Å². The van der Waals surface area contributed by atoms with Gasteiger partial charge >= 0.3 is 0 Å². The smallest absolute Gasteiger partial charge is 0.0361 e. The molecule has 0 N–H and O–H groups in total. The van der Waals surface area contributed by atoms with Crippen LogP contribution in [0.2, 0.25) is 0 Å². The van der Waals surface area contributed by atoms with E-state index in [0.29, 0.717) is 0 Å². The maximum Gasteiger partial charge on any atom is 0.0361 e. The van der Waals surface area contributed by atoms with Gasteiger partial charge in [0.2, 0.25) is 0 Å². The zero-order valence-electron chi connectivity index (χ0n) is 21.2. The Labute approximate surface area is 226 Å². The first-order chi connectivity index (χ1) is 18.8. The van der Waals surface area contributed by atoms with E-state index in [1.54, 1.807) is 0 Å². The maximum atomic E-state index is 4.08. The van der Waals surface area contributed by atoms with Crippen molar-refractivity contribution in [1.29, 1.82) is 0 Å². The molecule has 7 aromatic rings. The summed E-state index contributed by atoms with van der Waals surface area (Å²) < 4.78 is 2.62. The van der Waals surface area contributed by atoms with Gasteiger partial charge in [-0.2, -0.15) is 0 Å². The standard InChI is InChI=1S/C37H26S/c1-3-12-26-23-35-33(21-24(26)4-2)32-22-27(19-20-34(32)38-35)37-30-17-10-8-15-28(30)36(25-13-6-5-7-14-25)29-16-9-11-18-31(29)37/h3-23H,2H2,1H3/b12-3-. The fourth-order valence-electron chi connectivity index (χ4n) is 5.87. The lowest BCUT2D eigenvalue weighted by atomic mass is 9.86. The average molecular weight is 503 g/mol. The lowest BCUT2D eigenvalue weighted by Crippen LogP contribution is -1.90. The predicted molar refractivity (Wildman–Crippen MR) is 170 cm³/mol. The average Bonchev–Trinajstić information content (AvgIpc) is 3.32. The molecule has 180 valence electrons. The molecule has 0 aliphatic heterocycles. The number of benzene rings is 6. The van der Waals surface area contributed by atoms with Crippen LogP contribution >= 0.6 is 11.3 Å². The van der Waals surface area contributed by atoms with Crippen LogP contribution in [-0.4, -0.2) is 0 Å². The van der Waals surface area contributed by atoms with Crippen LogP contribution in [0.5, 0.6) is 0 Å². The Morgan fingerprint density at radius 2 is 1.11 bits per heavy atom. The Morgan fingerprint density at radius 3 is 1.71 bits per heavy atom. The predicted octanol–water partition coefficient (Wildman–Crippen LogP) is 11.4. The highest BCUT2D eigenvalue weighted by molar-refractivity contribution is 7.25. The third-order valence-corrected chi connectivity index (χ3v) is 8.66. The van der Waals surface area contributed by atoms with Crippen LogP contribution in [0.15, 0.2) is 122 Å². The van der Waals surface area contributed by atoms with Crippen LogP contribution in [0.4, 0.5) is 0 Å². The first-order valence-corrected chi connectivity index (χ1v) is 13.8. The second-order valence-electron chi connectivity index (χ2n) is 9.70. The van der Waals surface area contributed by atoms with E-state index < -0.39 is 0 Å². The summed E-state index contributed by atoms with van der Waals surface area (Å²) in [6.07, 6.45) is 6.22. The molecule has 0 fully saturated rings. The summed E-state index contributed by atoms with van der Waals surface area (Å²) in [5, 5.41) is 7.74. The number of allylic oxidation sites excluding steroid dienone is 1. The molecular weight excluding hydrogens is 476 g/mol. The van der Waals surface area contributed by atoms with Gasteiger partial charge in [0.15, 0.2) is 0 Å². The molecule has 0 radical (unpaired) electrons. The minimum absolute atomic E-state index is 1.17. The van der Waals surface area contributed by atoms with Crippen LogP contribution < -0.4 is 0 Å². The highest BCUT2D eigenvalue weighted by Crippen LogP contribution is 2.45. The largest absolute Gasteiger partial charge is 0.135 e. The lowest BCUT2D eigenvalue weighted by molar-refractivity contribution is 1.66. The van der Waals surface area contributed by atoms with Gasteiger partial charge in [0.25, 0.3) is 0 Å². The van der Waals surface area contributed by atoms with Gasteiger partial charge in [0, 0.05) is 20.2 Å². The third kappa shape index (κ3) is 3.51. The number of hydrogen-bond acceptors (Lipinski definition) is 1. The van der Waals surface area contributed by atoms with Crippen LogP contribution in [0.3, 0.4) is 0 Å². The van der Waals surface area contributed by atoms with Gasteiger partial charge in [0.05, 0.1) is 0 Å². The fourth-order valence-corrected chi connectivity index (χ4v) is 6.98. The van der Waals surface area contributed by atoms with Crippen molar-refractivity contribution in [2.45, 2.75) is 6.92 Å². The van der Waals surface area contributed by atoms with Crippen molar-refractivity contribution < 1.29 is 0 Å². The van der Waals surface area contributed by atoms with Crippen molar-refractivity contribution in [2.75, 3.05) is 0 Å². The molecule has 0 amide bonds. The van der Waals surface area contributed by atoms with Gasteiger partial charge in [-0.3, -0.25) is 0 Å². The summed E-state index contributed by atoms with van der Waals surface area (Å²) in [4.78, 5) is 0. The van der Waals surface area contributed by atoms with Gasteiger partial charge in [0.1, 0.15) is 0 Å². The van der Waals surface area contributed by atoms with E-state index in [-0.39, 0.29) is 0 Å². The second-order valence-corrected chi connectivity index (χ2v) is 10.8. The number of hydrogen-bond donors (Lipinski definition) is 0. The summed E-state index contributed by atoms with van der Waals surface area (Å²) in [5.74, 6) is 0. The summed E-state index contributed by atoms with van der Waals surface area (Å²) in [5.41, 5.74) is 7.49. The van der Waals surface area contributed by atoms with E-state index in [1.807, 2.05) is 17.4 Å². The van der Waals surface area contributed by atoms with Gasteiger partial charge in [-0.05, 0) is 86.1 Å². The molecule has 0 unspecified atom stereocenters. The SMILES string of the molecule is C=Cc1cc2c(cc1/C=C\C)sc1ccc(-c3c4ccccc4c(-c4ccccc4)c4ccccc34)cc12. The summed E-state index contributed by atoms with van der Waals surface area (Å²) >= 11 is 1.86. The van der Waals surface area contributed by atoms with Crippen LogP contribution in [0.1, 0.15) is 18.1 Å². The first kappa shape index (κ1) is 22.7. The molecule has 1 heteroatoms. The molecule has 1 heterocycles. The molecule has 7 rings (SSSR count). The molecule has 0 aliphatic carbocycles. The molecular formula is C37H26S. The molecule has 38 heavy (non-hydrogen) atoms. The number of thiophene rings is 1. The van der Waals surface area contributed by atoms with Gasteiger partial charge in [-0.25, -0.2) is 0 Å². The zero-order chi connectivity index (χ0) is 25.6. The van der Waals surface area contributed by atoms with Gasteiger partial charge < -0.3 is 0 Å². The quantitative estimate of drug-likeness (QED) is 0.210. The normalized spacial score (nSPS) is 11.8. The van der Waals surface area contributed by atoms with E-state index in [4.69, 9.17) is 0 Å². The maximum absolute atomic E-state index is 4.08. The monoisotopic (exact) mass is 502 g/mol. The highest BCUT2D eigenvalue weighted by Gasteiger charge is 2.17. The lowest BCUT2D eigenvalue weighted by Gasteiger charge is -2.17. The number of fused-ring (bicyclic) bond motifs is 5. The summed E-state index contributed by atoms with van der Waals surface area (Å²) in [7, 11) is 0. The molecule has 0 nitrogen and oxygen atoms in total. The van der Waals surface area contributed by atoms with Gasteiger partial charge in [-0.1, -0.05) is 110 Å². The Morgan fingerprint density at radius 1 is 0.526 bits per heavy atom. The molecule has 0 aliphatic rings. The molecule has 6 aromatic carbocycles. The molecule has 1 aromatic heterocycles. The van der Waals surface area contributed by atoms with Crippen LogP contribution in [-0.2, 0) is 0 Å². The Hall–Kier alpha value is -4.46. The van der Waals surface area contributed by atoms with Crippen LogP contribution in [0.25, 0.3) is 76.1 Å². The van der Waals surface area contributed by atoms with E-state index >= 15 is 0 Å². The highest BCUT2D eigenvalue weighted by atomic mass is 32.1. The van der Waals surface area contributed by atoms with E-state index in [0.717, 1.165) is 0 Å². The van der Waals surface area contributed by atoms with E-state index in [2.05, 4.69) is 135 Å². The number of rotatable bonds is 4. The third-order valence-electron chi connectivity index (χ3n) is 7.52. The van der Waals surface area contributed by atoms with E-state index in [1.165, 1.54) is 75.1 Å². The fraction of sp³-hybridized carbons (Fsp3) is 0.0270. The van der Waals surface area contributed by atoms with E-state index in [9.17, 15) is 0 Å². The van der Waals surface area contributed by atoms with Crippen molar-refractivity contribution in [3.05, 3.63) is 133 Å². The molecule has 0 bridgehead atoms. The summed E-state index contributed by atoms with van der Waals surface area (Å²) in [6, 6.07) is 40.1. The first-order valence-electron chi connectivity index (χ1n) is 13.0. The van der Waals surface area contributed by atoms with Crippen molar-refractivity contribution >= 4 is 65.2 Å². The molecule has 0 saturated carbocycles. The molecule has 0 spiro atoms. The minimum atomic E-state index is 1.17. The second kappa shape index (κ2) is 9.13. The molecule has 0 atom stereocenters. The summed E-state index contributed by atoms with van der Waals surface area (Å²) in [6.45, 7) is 6.14. The van der Waals surface area contributed by atoms with Crippen molar-refractivity contribution in [1.82, 2.24) is 0 Å².